The van der Waals surface area contributed by atoms with E-state index in [1.165, 1.54) is 6.92 Å². The first-order chi connectivity index (χ1) is 9.45. The predicted octanol–water partition coefficient (Wildman–Crippen LogP) is 1.96. The Morgan fingerprint density at radius 2 is 1.95 bits per heavy atom. The highest BCUT2D eigenvalue weighted by molar-refractivity contribution is 5.93. The molecule has 1 rings (SSSR count). The summed E-state index contributed by atoms with van der Waals surface area (Å²) in [4.78, 5) is 25.0. The Balaban J connectivity index is 2.80. The van der Waals surface area contributed by atoms with Gasteiger partial charge in [-0.05, 0) is 26.0 Å². The number of ether oxygens (including phenoxy) is 1. The van der Waals surface area contributed by atoms with Gasteiger partial charge in [-0.25, -0.2) is 0 Å². The number of benzene rings is 1. The standard InChI is InChI=1S/C15H22N2O3/c1-11(2)16-15(19)9-10-17(12(3)18)13-7-5-6-8-14(13)20-4/h5-8,11H,9-10H2,1-4H3,(H,16,19). The zero-order chi connectivity index (χ0) is 15.1. The number of amides is 2. The highest BCUT2D eigenvalue weighted by Gasteiger charge is 2.17. The summed E-state index contributed by atoms with van der Waals surface area (Å²) in [5.41, 5.74) is 0.680. The topological polar surface area (TPSA) is 58.6 Å². The van der Waals surface area contributed by atoms with Gasteiger partial charge in [-0.2, -0.15) is 0 Å². The Kier molecular flexibility index (Phi) is 6.03. The molecule has 2 amide bonds. The second-order valence-electron chi connectivity index (χ2n) is 4.81. The molecular weight excluding hydrogens is 256 g/mol. The molecule has 0 radical (unpaired) electrons. The maximum Gasteiger partial charge on any atom is 0.223 e. The lowest BCUT2D eigenvalue weighted by atomic mass is 10.2. The minimum atomic E-state index is -0.119. The van der Waals surface area contributed by atoms with Gasteiger partial charge >= 0.3 is 0 Å². The zero-order valence-corrected chi connectivity index (χ0v) is 12.5. The Morgan fingerprint density at radius 1 is 1.30 bits per heavy atom. The molecule has 0 atom stereocenters. The monoisotopic (exact) mass is 278 g/mol. The summed E-state index contributed by atoms with van der Waals surface area (Å²) in [6, 6.07) is 7.37. The first-order valence-corrected chi connectivity index (χ1v) is 6.66. The van der Waals surface area contributed by atoms with E-state index in [4.69, 9.17) is 4.74 Å². The van der Waals surface area contributed by atoms with Crippen LogP contribution in [0.3, 0.4) is 0 Å². The maximum absolute atomic E-state index is 11.8. The molecular formula is C15H22N2O3. The van der Waals surface area contributed by atoms with Gasteiger partial charge in [0.25, 0.3) is 0 Å². The van der Waals surface area contributed by atoms with Gasteiger partial charge in [-0.3, -0.25) is 9.59 Å². The Hall–Kier alpha value is -2.04. The minimum absolute atomic E-state index is 0.0684. The van der Waals surface area contributed by atoms with E-state index in [-0.39, 0.29) is 24.3 Å². The van der Waals surface area contributed by atoms with E-state index in [1.807, 2.05) is 26.0 Å². The molecule has 0 unspecified atom stereocenters. The zero-order valence-electron chi connectivity index (χ0n) is 12.5. The molecule has 0 bridgehead atoms. The van der Waals surface area contributed by atoms with Crippen LogP contribution in [0, 0.1) is 0 Å². The van der Waals surface area contributed by atoms with Gasteiger partial charge < -0.3 is 15.0 Å². The van der Waals surface area contributed by atoms with Crippen molar-refractivity contribution in [2.24, 2.45) is 0 Å². The normalized spacial score (nSPS) is 10.2. The van der Waals surface area contributed by atoms with Crippen molar-refractivity contribution in [3.05, 3.63) is 24.3 Å². The number of nitrogens with one attached hydrogen (secondary N) is 1. The lowest BCUT2D eigenvalue weighted by Gasteiger charge is -2.23. The molecule has 0 saturated carbocycles. The summed E-state index contributed by atoms with van der Waals surface area (Å²) in [5, 5.41) is 2.81. The molecule has 110 valence electrons. The van der Waals surface area contributed by atoms with Crippen LogP contribution in [0.25, 0.3) is 0 Å². The van der Waals surface area contributed by atoms with Gasteiger partial charge in [0, 0.05) is 25.9 Å². The highest BCUT2D eigenvalue weighted by atomic mass is 16.5. The van der Waals surface area contributed by atoms with E-state index >= 15 is 0 Å². The van der Waals surface area contributed by atoms with Crippen LogP contribution in [0.2, 0.25) is 0 Å². The Labute approximate surface area is 119 Å². The molecule has 0 aromatic heterocycles. The first kappa shape index (κ1) is 16.0. The summed E-state index contributed by atoms with van der Waals surface area (Å²) < 4.78 is 5.25. The average molecular weight is 278 g/mol. The molecule has 5 nitrogen and oxygen atoms in total. The van der Waals surface area contributed by atoms with Gasteiger partial charge in [-0.15, -0.1) is 0 Å². The van der Waals surface area contributed by atoms with Crippen molar-refractivity contribution in [1.82, 2.24) is 5.32 Å². The third-order valence-corrected chi connectivity index (χ3v) is 2.77. The smallest absolute Gasteiger partial charge is 0.223 e. The molecule has 0 aliphatic rings. The quantitative estimate of drug-likeness (QED) is 0.865. The molecule has 1 aromatic carbocycles. The van der Waals surface area contributed by atoms with Crippen LogP contribution >= 0.6 is 0 Å². The van der Waals surface area contributed by atoms with Crippen molar-refractivity contribution in [3.8, 4) is 5.75 Å². The first-order valence-electron chi connectivity index (χ1n) is 6.66. The molecule has 0 aliphatic carbocycles. The van der Waals surface area contributed by atoms with Crippen molar-refractivity contribution in [2.75, 3.05) is 18.6 Å². The maximum atomic E-state index is 11.8. The molecule has 0 fully saturated rings. The third-order valence-electron chi connectivity index (χ3n) is 2.77. The third kappa shape index (κ3) is 4.57. The molecule has 5 heteroatoms. The van der Waals surface area contributed by atoms with Crippen LogP contribution in [-0.4, -0.2) is 31.5 Å². The Morgan fingerprint density at radius 3 is 2.50 bits per heavy atom. The highest BCUT2D eigenvalue weighted by Crippen LogP contribution is 2.27. The summed E-state index contributed by atoms with van der Waals surface area (Å²) in [6.45, 7) is 5.61. The van der Waals surface area contributed by atoms with Gasteiger partial charge in [0.15, 0.2) is 0 Å². The summed E-state index contributed by atoms with van der Waals surface area (Å²) in [5.74, 6) is 0.431. The molecule has 1 aromatic rings. The Bertz CT molecular complexity index is 472. The molecule has 0 heterocycles. The number of carbonyl (C=O) groups is 2. The number of hydrogen-bond donors (Lipinski definition) is 1. The molecule has 0 spiro atoms. The van der Waals surface area contributed by atoms with Crippen molar-refractivity contribution in [1.29, 1.82) is 0 Å². The fourth-order valence-corrected chi connectivity index (χ4v) is 1.91. The van der Waals surface area contributed by atoms with Crippen molar-refractivity contribution >= 4 is 17.5 Å². The molecule has 1 N–H and O–H groups in total. The number of para-hydroxylation sites is 2. The van der Waals surface area contributed by atoms with Crippen LogP contribution in [0.5, 0.6) is 5.75 Å². The van der Waals surface area contributed by atoms with Crippen LogP contribution in [0.1, 0.15) is 27.2 Å². The van der Waals surface area contributed by atoms with Gasteiger partial charge in [0.1, 0.15) is 5.75 Å². The predicted molar refractivity (Wildman–Crippen MR) is 78.9 cm³/mol. The van der Waals surface area contributed by atoms with Crippen LogP contribution in [0.4, 0.5) is 5.69 Å². The minimum Gasteiger partial charge on any atom is -0.495 e. The number of rotatable bonds is 6. The molecule has 20 heavy (non-hydrogen) atoms. The number of anilines is 1. The van der Waals surface area contributed by atoms with E-state index in [2.05, 4.69) is 5.32 Å². The summed E-state index contributed by atoms with van der Waals surface area (Å²) >= 11 is 0. The average Bonchev–Trinajstić information content (AvgIpc) is 2.38. The second-order valence-corrected chi connectivity index (χ2v) is 4.81. The lowest BCUT2D eigenvalue weighted by molar-refractivity contribution is -0.121. The fraction of sp³-hybridized carbons (Fsp3) is 0.467. The molecule has 0 saturated heterocycles. The van der Waals surface area contributed by atoms with Gasteiger partial charge in [0.05, 0.1) is 12.8 Å². The van der Waals surface area contributed by atoms with Crippen LogP contribution in [0.15, 0.2) is 24.3 Å². The van der Waals surface area contributed by atoms with Crippen molar-refractivity contribution in [3.63, 3.8) is 0 Å². The van der Waals surface area contributed by atoms with Crippen LogP contribution < -0.4 is 15.0 Å². The number of hydrogen-bond acceptors (Lipinski definition) is 3. The summed E-state index contributed by atoms with van der Waals surface area (Å²) in [7, 11) is 1.56. The SMILES string of the molecule is COc1ccccc1N(CCC(=O)NC(C)C)C(C)=O. The molecule has 0 aliphatic heterocycles. The van der Waals surface area contributed by atoms with Gasteiger partial charge in [0.2, 0.25) is 11.8 Å². The van der Waals surface area contributed by atoms with Gasteiger partial charge in [-0.1, -0.05) is 12.1 Å². The van der Waals surface area contributed by atoms with E-state index in [9.17, 15) is 9.59 Å². The second kappa shape index (κ2) is 7.53. The van der Waals surface area contributed by atoms with E-state index in [1.54, 1.807) is 24.1 Å². The number of methoxy groups -OCH3 is 1. The van der Waals surface area contributed by atoms with E-state index in [0.717, 1.165) is 0 Å². The summed E-state index contributed by atoms with van der Waals surface area (Å²) in [6.07, 6.45) is 0.260. The van der Waals surface area contributed by atoms with E-state index in [0.29, 0.717) is 18.0 Å². The largest absolute Gasteiger partial charge is 0.495 e. The fourth-order valence-electron chi connectivity index (χ4n) is 1.91. The number of carbonyl (C=O) groups excluding carboxylic acids is 2. The van der Waals surface area contributed by atoms with Crippen molar-refractivity contribution < 1.29 is 14.3 Å². The van der Waals surface area contributed by atoms with Crippen molar-refractivity contribution in [2.45, 2.75) is 33.2 Å². The van der Waals surface area contributed by atoms with E-state index < -0.39 is 0 Å². The lowest BCUT2D eigenvalue weighted by Crippen LogP contribution is -2.36. The van der Waals surface area contributed by atoms with Crippen LogP contribution in [-0.2, 0) is 9.59 Å². The number of nitrogens with zero attached hydrogens (tertiary/aromatic N) is 1.